The molecule has 7 nitrogen and oxygen atoms in total. The number of hydrogen-bond acceptors (Lipinski definition) is 5. The van der Waals surface area contributed by atoms with Gasteiger partial charge < -0.3 is 19.1 Å². The van der Waals surface area contributed by atoms with E-state index in [1.807, 2.05) is 34.1 Å². The molecular formula is C22H27N3O4. The highest BCUT2D eigenvalue weighted by Crippen LogP contribution is 2.40. The van der Waals surface area contributed by atoms with Crippen molar-refractivity contribution in [3.05, 3.63) is 47.3 Å². The predicted octanol–water partition coefficient (Wildman–Crippen LogP) is 2.69. The lowest BCUT2D eigenvalue weighted by Crippen LogP contribution is -2.45. The van der Waals surface area contributed by atoms with Crippen LogP contribution in [0, 0.1) is 12.3 Å². The lowest BCUT2D eigenvalue weighted by atomic mass is 9.77. The number of aromatic nitrogens is 1. The van der Waals surface area contributed by atoms with Crippen molar-refractivity contribution < 1.29 is 18.8 Å². The Hall–Kier alpha value is -2.83. The fourth-order valence-corrected chi connectivity index (χ4v) is 4.45. The molecule has 154 valence electrons. The van der Waals surface area contributed by atoms with Crippen LogP contribution < -0.4 is 4.74 Å². The van der Waals surface area contributed by atoms with E-state index in [2.05, 4.69) is 5.16 Å². The number of benzene rings is 1. The second-order valence-corrected chi connectivity index (χ2v) is 8.21. The number of carbonyl (C=O) groups is 2. The van der Waals surface area contributed by atoms with Crippen molar-refractivity contribution in [2.24, 2.45) is 5.41 Å². The van der Waals surface area contributed by atoms with Gasteiger partial charge in [0.15, 0.2) is 5.69 Å². The van der Waals surface area contributed by atoms with Gasteiger partial charge >= 0.3 is 0 Å². The molecule has 0 atom stereocenters. The Morgan fingerprint density at radius 1 is 1.14 bits per heavy atom. The van der Waals surface area contributed by atoms with Crippen LogP contribution in [-0.4, -0.2) is 60.1 Å². The third-order valence-electron chi connectivity index (χ3n) is 6.24. The largest absolute Gasteiger partial charge is 0.497 e. The molecule has 0 unspecified atom stereocenters. The van der Waals surface area contributed by atoms with Gasteiger partial charge in [0.1, 0.15) is 11.5 Å². The normalized spacial score (nSPS) is 18.3. The monoisotopic (exact) mass is 397 g/mol. The van der Waals surface area contributed by atoms with Crippen LogP contribution in [0.5, 0.6) is 5.75 Å². The van der Waals surface area contributed by atoms with E-state index in [1.54, 1.807) is 20.1 Å². The van der Waals surface area contributed by atoms with Gasteiger partial charge in [0.2, 0.25) is 5.91 Å². The lowest BCUT2D eigenvalue weighted by Gasteiger charge is -2.39. The first-order valence-electron chi connectivity index (χ1n) is 10.1. The molecule has 2 fully saturated rings. The number of nitrogens with zero attached hydrogens (tertiary/aromatic N) is 3. The molecule has 2 aromatic rings. The van der Waals surface area contributed by atoms with Gasteiger partial charge in [-0.1, -0.05) is 17.3 Å². The van der Waals surface area contributed by atoms with E-state index in [0.29, 0.717) is 17.9 Å². The zero-order valence-corrected chi connectivity index (χ0v) is 17.0. The number of aryl methyl sites for hydroxylation is 1. The standard InChI is InChI=1S/C22H27N3O4/c1-16-12-19(23-29-16)21(27)25-11-8-22(15-25)6-9-24(10-7-22)20(26)14-17-4-3-5-18(13-17)28-2/h3-5,12-13H,6-11,14-15H2,1-2H3. The summed E-state index contributed by atoms with van der Waals surface area (Å²) in [6, 6.07) is 9.35. The van der Waals surface area contributed by atoms with Crippen molar-refractivity contribution in [2.45, 2.75) is 32.6 Å². The molecule has 0 bridgehead atoms. The van der Waals surface area contributed by atoms with Gasteiger partial charge in [-0.05, 0) is 49.3 Å². The van der Waals surface area contributed by atoms with E-state index in [-0.39, 0.29) is 17.2 Å². The first-order valence-corrected chi connectivity index (χ1v) is 10.1. The Morgan fingerprint density at radius 3 is 2.52 bits per heavy atom. The van der Waals surface area contributed by atoms with Crippen molar-refractivity contribution in [2.75, 3.05) is 33.3 Å². The first-order chi connectivity index (χ1) is 14.0. The summed E-state index contributed by atoms with van der Waals surface area (Å²) in [5.41, 5.74) is 1.46. The van der Waals surface area contributed by atoms with Crippen LogP contribution in [0.15, 0.2) is 34.9 Å². The minimum Gasteiger partial charge on any atom is -0.497 e. The highest BCUT2D eigenvalue weighted by molar-refractivity contribution is 5.92. The zero-order valence-electron chi connectivity index (χ0n) is 17.0. The van der Waals surface area contributed by atoms with Gasteiger partial charge in [-0.25, -0.2) is 0 Å². The van der Waals surface area contributed by atoms with Crippen LogP contribution in [0.3, 0.4) is 0 Å². The van der Waals surface area contributed by atoms with E-state index in [9.17, 15) is 9.59 Å². The van der Waals surface area contributed by atoms with E-state index in [0.717, 1.165) is 56.8 Å². The highest BCUT2D eigenvalue weighted by atomic mass is 16.5. The average molecular weight is 397 g/mol. The molecule has 2 amide bonds. The van der Waals surface area contributed by atoms with Crippen molar-refractivity contribution >= 4 is 11.8 Å². The fraction of sp³-hybridized carbons (Fsp3) is 0.500. The summed E-state index contributed by atoms with van der Waals surface area (Å²) in [6.45, 7) is 4.74. The lowest BCUT2D eigenvalue weighted by molar-refractivity contribution is -0.132. The molecule has 1 aromatic heterocycles. The van der Waals surface area contributed by atoms with Crippen LogP contribution in [-0.2, 0) is 11.2 Å². The van der Waals surface area contributed by atoms with Gasteiger partial charge in [-0.2, -0.15) is 0 Å². The van der Waals surface area contributed by atoms with Gasteiger partial charge in [0.05, 0.1) is 13.5 Å². The van der Waals surface area contributed by atoms with E-state index in [1.165, 1.54) is 0 Å². The Balaban J connectivity index is 1.32. The molecule has 7 heteroatoms. The third kappa shape index (κ3) is 4.13. The van der Waals surface area contributed by atoms with Gasteiger partial charge in [0, 0.05) is 32.2 Å². The van der Waals surface area contributed by atoms with E-state index < -0.39 is 0 Å². The summed E-state index contributed by atoms with van der Waals surface area (Å²) in [5, 5.41) is 3.85. The number of hydrogen-bond donors (Lipinski definition) is 0. The van der Waals surface area contributed by atoms with Crippen molar-refractivity contribution in [1.82, 2.24) is 15.0 Å². The number of carbonyl (C=O) groups excluding carboxylic acids is 2. The summed E-state index contributed by atoms with van der Waals surface area (Å²) in [7, 11) is 1.63. The summed E-state index contributed by atoms with van der Waals surface area (Å²) in [4.78, 5) is 29.2. The summed E-state index contributed by atoms with van der Waals surface area (Å²) < 4.78 is 10.3. The Kier molecular flexibility index (Phi) is 5.30. The molecule has 0 N–H and O–H groups in total. The zero-order chi connectivity index (χ0) is 20.4. The number of amides is 2. The first kappa shape index (κ1) is 19.5. The average Bonchev–Trinajstić information content (AvgIpc) is 3.35. The molecule has 29 heavy (non-hydrogen) atoms. The molecular weight excluding hydrogens is 370 g/mol. The SMILES string of the molecule is COc1cccc(CC(=O)N2CCC3(CC2)CCN(C(=O)c2cc(C)on2)C3)c1. The van der Waals surface area contributed by atoms with Gasteiger partial charge in [-0.3, -0.25) is 9.59 Å². The van der Waals surface area contributed by atoms with Crippen LogP contribution in [0.2, 0.25) is 0 Å². The number of rotatable bonds is 4. The van der Waals surface area contributed by atoms with Crippen molar-refractivity contribution in [1.29, 1.82) is 0 Å². The Morgan fingerprint density at radius 2 is 1.86 bits per heavy atom. The van der Waals surface area contributed by atoms with Gasteiger partial charge in [-0.15, -0.1) is 0 Å². The van der Waals surface area contributed by atoms with Crippen molar-refractivity contribution in [3.8, 4) is 5.75 Å². The van der Waals surface area contributed by atoms with Crippen molar-refractivity contribution in [3.63, 3.8) is 0 Å². The van der Waals surface area contributed by atoms with Gasteiger partial charge in [0.25, 0.3) is 5.91 Å². The quantitative estimate of drug-likeness (QED) is 0.793. The van der Waals surface area contributed by atoms with E-state index in [4.69, 9.17) is 9.26 Å². The predicted molar refractivity (Wildman–Crippen MR) is 107 cm³/mol. The van der Waals surface area contributed by atoms with Crippen LogP contribution in [0.4, 0.5) is 0 Å². The molecule has 4 rings (SSSR count). The van der Waals surface area contributed by atoms with Crippen LogP contribution >= 0.6 is 0 Å². The third-order valence-corrected chi connectivity index (χ3v) is 6.24. The molecule has 0 saturated carbocycles. The smallest absolute Gasteiger partial charge is 0.276 e. The molecule has 1 aromatic carbocycles. The molecule has 3 heterocycles. The minimum absolute atomic E-state index is 0.0599. The highest BCUT2D eigenvalue weighted by Gasteiger charge is 2.43. The Labute approximate surface area is 170 Å². The number of piperidine rings is 1. The molecule has 0 aliphatic carbocycles. The maximum atomic E-state index is 12.7. The molecule has 1 spiro atoms. The topological polar surface area (TPSA) is 75.9 Å². The fourth-order valence-electron chi connectivity index (χ4n) is 4.45. The second-order valence-electron chi connectivity index (χ2n) is 8.21. The summed E-state index contributed by atoms with van der Waals surface area (Å²) >= 11 is 0. The number of methoxy groups -OCH3 is 1. The summed E-state index contributed by atoms with van der Waals surface area (Å²) in [5.74, 6) is 1.50. The second kappa shape index (κ2) is 7.89. The summed E-state index contributed by atoms with van der Waals surface area (Å²) in [6.07, 6.45) is 3.23. The molecule has 0 radical (unpaired) electrons. The maximum absolute atomic E-state index is 12.7. The van der Waals surface area contributed by atoms with Crippen LogP contribution in [0.25, 0.3) is 0 Å². The maximum Gasteiger partial charge on any atom is 0.276 e. The minimum atomic E-state index is -0.0599. The Bertz CT molecular complexity index is 899. The van der Waals surface area contributed by atoms with E-state index >= 15 is 0 Å². The molecule has 2 aliphatic rings. The molecule has 2 saturated heterocycles. The molecule has 2 aliphatic heterocycles. The number of ether oxygens (including phenoxy) is 1. The van der Waals surface area contributed by atoms with Crippen LogP contribution in [0.1, 0.15) is 41.1 Å². The number of likely N-dealkylation sites (tertiary alicyclic amines) is 2.